The number of nitrogens with zero attached hydrogens (tertiary/aromatic N) is 1. The van der Waals surface area contributed by atoms with Gasteiger partial charge in [0.15, 0.2) is 0 Å². The molecule has 1 aromatic rings. The first-order valence-electron chi connectivity index (χ1n) is 9.88. The minimum Gasteiger partial charge on any atom is -0.508 e. The highest BCUT2D eigenvalue weighted by molar-refractivity contribution is 8.03. The van der Waals surface area contributed by atoms with Crippen LogP contribution < -0.4 is 0 Å². The van der Waals surface area contributed by atoms with Crippen LogP contribution in [0.2, 0.25) is 0 Å². The molecule has 0 aliphatic rings. The summed E-state index contributed by atoms with van der Waals surface area (Å²) in [5.41, 5.74) is 0.718. The third-order valence-electron chi connectivity index (χ3n) is 4.18. The largest absolute Gasteiger partial charge is 0.508 e. The fourth-order valence-corrected chi connectivity index (χ4v) is 6.15. The summed E-state index contributed by atoms with van der Waals surface area (Å²) >= 11 is 0. The lowest BCUT2D eigenvalue weighted by Crippen LogP contribution is -2.38. The zero-order valence-corrected chi connectivity index (χ0v) is 19.1. The van der Waals surface area contributed by atoms with Crippen LogP contribution in [0.15, 0.2) is 30.3 Å². The molecule has 8 nitrogen and oxygen atoms in total. The van der Waals surface area contributed by atoms with Crippen molar-refractivity contribution in [2.75, 3.05) is 25.2 Å². The number of hydrogen-bond acceptors (Lipinski definition) is 7. The highest BCUT2D eigenvalue weighted by Gasteiger charge is 2.29. The zero-order chi connectivity index (χ0) is 22.6. The Kier molecular flexibility index (Phi) is 11.1. The molecule has 0 amide bonds. The highest BCUT2D eigenvalue weighted by atomic mass is 32.3. The van der Waals surface area contributed by atoms with Crippen LogP contribution in [0.4, 0.5) is 0 Å². The lowest BCUT2D eigenvalue weighted by atomic mass is 10.1. The normalized spacial score (nSPS) is 12.5. The fraction of sp³-hybridized carbons (Fsp3) is 0.550. The molecule has 0 heterocycles. The molecule has 0 spiro atoms. The number of rotatable bonds is 14. The van der Waals surface area contributed by atoms with Gasteiger partial charge in [0.1, 0.15) is 5.75 Å². The number of ether oxygens (including phenoxy) is 1. The Morgan fingerprint density at radius 3 is 2.47 bits per heavy atom. The number of carbonyl (C=O) groups excluding carboxylic acids is 1. The van der Waals surface area contributed by atoms with Crippen LogP contribution in [-0.2, 0) is 29.6 Å². The molecule has 30 heavy (non-hydrogen) atoms. The number of phenols is 1. The van der Waals surface area contributed by atoms with Gasteiger partial charge in [0, 0.05) is 13.0 Å². The highest BCUT2D eigenvalue weighted by Crippen LogP contribution is 2.15. The molecule has 1 rings (SSSR count). The van der Waals surface area contributed by atoms with Crippen molar-refractivity contribution in [3.63, 3.8) is 0 Å². The molecule has 1 N–H and O–H groups in total. The number of benzene rings is 1. The molecular formula is C20H31NO7S2. The summed E-state index contributed by atoms with van der Waals surface area (Å²) in [5.74, 6) is -0.495. The van der Waals surface area contributed by atoms with Crippen molar-refractivity contribution >= 4 is 32.1 Å². The third-order valence-corrected chi connectivity index (χ3v) is 8.15. The van der Waals surface area contributed by atoms with Crippen LogP contribution in [0.5, 0.6) is 5.75 Å². The van der Waals surface area contributed by atoms with Crippen LogP contribution in [0.3, 0.4) is 0 Å². The zero-order valence-electron chi connectivity index (χ0n) is 17.5. The molecule has 0 unspecified atom stereocenters. The minimum absolute atomic E-state index is 0.107. The first kappa shape index (κ1) is 26.1. The number of aromatic hydroxyl groups is 1. The van der Waals surface area contributed by atoms with Crippen molar-refractivity contribution in [3.05, 3.63) is 35.9 Å². The maximum atomic E-state index is 12.5. The van der Waals surface area contributed by atoms with Crippen molar-refractivity contribution < 1.29 is 31.5 Å². The molecule has 0 bridgehead atoms. The number of carbonyl (C=O) groups is 1. The van der Waals surface area contributed by atoms with Crippen LogP contribution in [0.25, 0.3) is 6.08 Å². The molecule has 0 aromatic heterocycles. The SMILES string of the molecule is CCOC(=O)CCCCCCN(S(C)(=O)=O)S(=O)(=O)CC/C=C/c1cccc(O)c1. The summed E-state index contributed by atoms with van der Waals surface area (Å²) in [4.78, 5) is 11.3. The van der Waals surface area contributed by atoms with E-state index in [4.69, 9.17) is 4.74 Å². The van der Waals surface area contributed by atoms with Crippen LogP contribution in [0.1, 0.15) is 51.0 Å². The standard InChI is InChI=1S/C20H31NO7S2/c1-3-28-20(23)14-6-4-5-8-15-21(29(2,24)25)30(26,27)16-9-7-11-18-12-10-13-19(22)17-18/h7,10-13,17,22H,3-6,8-9,14-16H2,1-2H3/b11-7+. The van der Waals surface area contributed by atoms with Crippen LogP contribution in [0, 0.1) is 0 Å². The molecule has 0 fully saturated rings. The Labute approximate surface area is 179 Å². The second-order valence-electron chi connectivity index (χ2n) is 6.83. The molecule has 170 valence electrons. The quantitative estimate of drug-likeness (QED) is 0.334. The molecule has 1 aromatic carbocycles. The summed E-state index contributed by atoms with van der Waals surface area (Å²) in [6.45, 7) is 1.96. The van der Waals surface area contributed by atoms with Gasteiger partial charge < -0.3 is 9.84 Å². The van der Waals surface area contributed by atoms with Gasteiger partial charge >= 0.3 is 5.97 Å². The summed E-state index contributed by atoms with van der Waals surface area (Å²) in [6, 6.07) is 6.50. The Balaban J connectivity index is 2.53. The molecule has 0 aliphatic carbocycles. The molecule has 0 saturated carbocycles. The number of hydrogen-bond donors (Lipinski definition) is 1. The molecule has 10 heteroatoms. The van der Waals surface area contributed by atoms with E-state index in [0.29, 0.717) is 42.4 Å². The predicted octanol–water partition coefficient (Wildman–Crippen LogP) is 2.90. The van der Waals surface area contributed by atoms with E-state index < -0.39 is 20.0 Å². The van der Waals surface area contributed by atoms with Gasteiger partial charge in [-0.25, -0.2) is 16.8 Å². The summed E-state index contributed by atoms with van der Waals surface area (Å²) < 4.78 is 54.4. The van der Waals surface area contributed by atoms with E-state index in [9.17, 15) is 26.7 Å². The average molecular weight is 462 g/mol. The predicted molar refractivity (Wildman–Crippen MR) is 117 cm³/mol. The van der Waals surface area contributed by atoms with Gasteiger partial charge in [0.2, 0.25) is 20.0 Å². The van der Waals surface area contributed by atoms with Crippen LogP contribution in [-0.4, -0.2) is 56.8 Å². The third kappa shape index (κ3) is 10.2. The van der Waals surface area contributed by atoms with Gasteiger partial charge in [0.25, 0.3) is 0 Å². The maximum absolute atomic E-state index is 12.5. The van der Waals surface area contributed by atoms with E-state index in [1.807, 2.05) is 0 Å². The second-order valence-corrected chi connectivity index (χ2v) is 11.0. The average Bonchev–Trinajstić information content (AvgIpc) is 2.63. The molecule has 0 atom stereocenters. The first-order valence-corrected chi connectivity index (χ1v) is 13.3. The topological polar surface area (TPSA) is 118 Å². The van der Waals surface area contributed by atoms with Crippen molar-refractivity contribution in [2.24, 2.45) is 0 Å². The van der Waals surface area contributed by atoms with Crippen molar-refractivity contribution in [1.29, 1.82) is 0 Å². The van der Waals surface area contributed by atoms with E-state index in [1.165, 1.54) is 12.1 Å². The van der Waals surface area contributed by atoms with E-state index in [2.05, 4.69) is 0 Å². The van der Waals surface area contributed by atoms with Crippen molar-refractivity contribution in [2.45, 2.75) is 45.4 Å². The Hall–Kier alpha value is -1.91. The van der Waals surface area contributed by atoms with Gasteiger partial charge in [0.05, 0.1) is 18.6 Å². The smallest absolute Gasteiger partial charge is 0.305 e. The Bertz CT molecular complexity index is 909. The van der Waals surface area contributed by atoms with Crippen LogP contribution >= 0.6 is 0 Å². The van der Waals surface area contributed by atoms with Gasteiger partial charge in [-0.1, -0.05) is 40.8 Å². The molecule has 0 saturated heterocycles. The van der Waals surface area contributed by atoms with Gasteiger partial charge in [-0.3, -0.25) is 4.79 Å². The minimum atomic E-state index is -3.99. The number of allylic oxidation sites excluding steroid dienone is 1. The Morgan fingerprint density at radius 1 is 1.13 bits per heavy atom. The number of esters is 1. The van der Waals surface area contributed by atoms with E-state index >= 15 is 0 Å². The summed E-state index contributed by atoms with van der Waals surface area (Å²) in [5, 5.41) is 9.42. The first-order chi connectivity index (χ1) is 14.1. The fourth-order valence-electron chi connectivity index (χ4n) is 2.77. The molecule has 0 aliphatic heterocycles. The van der Waals surface area contributed by atoms with Crippen molar-refractivity contribution in [3.8, 4) is 5.75 Å². The Morgan fingerprint density at radius 2 is 1.83 bits per heavy atom. The number of phenolic OH excluding ortho intramolecular Hbond substituents is 1. The van der Waals surface area contributed by atoms with E-state index in [1.54, 1.807) is 31.2 Å². The second kappa shape index (κ2) is 12.7. The lowest BCUT2D eigenvalue weighted by Gasteiger charge is -2.19. The van der Waals surface area contributed by atoms with Gasteiger partial charge in [-0.2, -0.15) is 0 Å². The van der Waals surface area contributed by atoms with Gasteiger partial charge in [-0.05, 0) is 43.9 Å². The number of sulfonamides is 2. The lowest BCUT2D eigenvalue weighted by molar-refractivity contribution is -0.143. The van der Waals surface area contributed by atoms with E-state index in [-0.39, 0.29) is 30.4 Å². The monoisotopic (exact) mass is 461 g/mol. The van der Waals surface area contributed by atoms with Gasteiger partial charge in [-0.15, -0.1) is 0 Å². The summed E-state index contributed by atoms with van der Waals surface area (Å²) in [7, 11) is -7.90. The molecular weight excluding hydrogens is 430 g/mol. The van der Waals surface area contributed by atoms with Crippen molar-refractivity contribution in [1.82, 2.24) is 3.71 Å². The number of unbranched alkanes of at least 4 members (excludes halogenated alkanes) is 3. The molecule has 0 radical (unpaired) electrons. The maximum Gasteiger partial charge on any atom is 0.305 e. The summed E-state index contributed by atoms with van der Waals surface area (Å²) in [6.07, 6.45) is 6.91. The van der Waals surface area contributed by atoms with E-state index in [0.717, 1.165) is 11.8 Å².